The van der Waals surface area contributed by atoms with Crippen LogP contribution in [0.3, 0.4) is 0 Å². The summed E-state index contributed by atoms with van der Waals surface area (Å²) in [6.45, 7) is 0. The summed E-state index contributed by atoms with van der Waals surface area (Å²) in [5, 5.41) is 13.0. The first-order valence-electron chi connectivity index (χ1n) is 6.88. The van der Waals surface area contributed by atoms with E-state index in [4.69, 9.17) is 4.74 Å². The first-order chi connectivity index (χ1) is 9.52. The maximum absolute atomic E-state index is 13.1. The minimum Gasteiger partial charge on any atom is -0.494 e. The third-order valence-electron chi connectivity index (χ3n) is 3.71. The highest BCUT2D eigenvalue weighted by Crippen LogP contribution is 2.32. The number of benzene rings is 1. The molecule has 0 unspecified atom stereocenters. The van der Waals surface area contributed by atoms with Crippen molar-refractivity contribution >= 4 is 11.6 Å². The van der Waals surface area contributed by atoms with E-state index in [2.05, 4.69) is 5.32 Å². The molecule has 2 rings (SSSR count). The van der Waals surface area contributed by atoms with Gasteiger partial charge in [0, 0.05) is 6.07 Å². The molecule has 2 N–H and O–H groups in total. The summed E-state index contributed by atoms with van der Waals surface area (Å²) in [6, 6.07) is 3.93. The predicted octanol–water partition coefficient (Wildman–Crippen LogP) is 2.86. The van der Waals surface area contributed by atoms with Gasteiger partial charge in [0.2, 0.25) is 5.91 Å². The van der Waals surface area contributed by atoms with Crippen LogP contribution in [0.4, 0.5) is 10.1 Å². The van der Waals surface area contributed by atoms with Gasteiger partial charge in [0.15, 0.2) is 0 Å². The molecule has 0 saturated heterocycles. The zero-order valence-corrected chi connectivity index (χ0v) is 11.6. The number of aliphatic hydroxyl groups is 1. The van der Waals surface area contributed by atoms with Crippen LogP contribution >= 0.6 is 0 Å². The summed E-state index contributed by atoms with van der Waals surface area (Å²) in [5.74, 6) is -0.431. The van der Waals surface area contributed by atoms with Crippen molar-refractivity contribution in [1.82, 2.24) is 0 Å². The van der Waals surface area contributed by atoms with Gasteiger partial charge >= 0.3 is 0 Å². The van der Waals surface area contributed by atoms with Crippen molar-refractivity contribution in [3.63, 3.8) is 0 Å². The molecule has 1 aliphatic carbocycles. The lowest BCUT2D eigenvalue weighted by molar-refractivity contribution is -0.122. The number of amides is 1. The Morgan fingerprint density at radius 3 is 2.75 bits per heavy atom. The standard InChI is InChI=1S/C15H20FNO3/c1-20-13-9-11(16)5-6-12(13)17-14(18)10-15(19)7-3-2-4-8-15/h5-6,9,19H,2-4,7-8,10H2,1H3,(H,17,18). The van der Waals surface area contributed by atoms with Crippen LogP contribution in [-0.4, -0.2) is 23.7 Å². The van der Waals surface area contributed by atoms with Crippen molar-refractivity contribution in [2.24, 2.45) is 0 Å². The Kier molecular flexibility index (Phi) is 4.60. The Morgan fingerprint density at radius 2 is 2.10 bits per heavy atom. The summed E-state index contributed by atoms with van der Waals surface area (Å²) >= 11 is 0. The van der Waals surface area contributed by atoms with Crippen LogP contribution in [0.2, 0.25) is 0 Å². The second-order valence-electron chi connectivity index (χ2n) is 5.35. The van der Waals surface area contributed by atoms with Gasteiger partial charge in [-0.1, -0.05) is 19.3 Å². The van der Waals surface area contributed by atoms with Gasteiger partial charge in [-0.3, -0.25) is 4.79 Å². The van der Waals surface area contributed by atoms with Gasteiger partial charge in [0.05, 0.1) is 24.8 Å². The largest absolute Gasteiger partial charge is 0.494 e. The summed E-state index contributed by atoms with van der Waals surface area (Å²) < 4.78 is 18.1. The maximum Gasteiger partial charge on any atom is 0.227 e. The number of methoxy groups -OCH3 is 1. The van der Waals surface area contributed by atoms with Gasteiger partial charge < -0.3 is 15.2 Å². The molecule has 0 atom stereocenters. The minimum atomic E-state index is -0.907. The topological polar surface area (TPSA) is 58.6 Å². The van der Waals surface area contributed by atoms with Crippen molar-refractivity contribution in [1.29, 1.82) is 0 Å². The first-order valence-corrected chi connectivity index (χ1v) is 6.88. The fraction of sp³-hybridized carbons (Fsp3) is 0.533. The fourth-order valence-corrected chi connectivity index (χ4v) is 2.65. The molecule has 5 heteroatoms. The van der Waals surface area contributed by atoms with Crippen molar-refractivity contribution in [2.75, 3.05) is 12.4 Å². The molecule has 1 amide bonds. The smallest absolute Gasteiger partial charge is 0.227 e. The van der Waals surface area contributed by atoms with Crippen LogP contribution < -0.4 is 10.1 Å². The monoisotopic (exact) mass is 281 g/mol. The molecule has 20 heavy (non-hydrogen) atoms. The van der Waals surface area contributed by atoms with Crippen LogP contribution in [0.15, 0.2) is 18.2 Å². The molecule has 0 aromatic heterocycles. The molecule has 0 spiro atoms. The zero-order valence-electron chi connectivity index (χ0n) is 11.6. The molecule has 4 nitrogen and oxygen atoms in total. The van der Waals surface area contributed by atoms with Crippen molar-refractivity contribution in [2.45, 2.75) is 44.1 Å². The molecule has 1 aromatic rings. The number of nitrogens with one attached hydrogen (secondary N) is 1. The van der Waals surface area contributed by atoms with Crippen molar-refractivity contribution in [3.8, 4) is 5.75 Å². The van der Waals surface area contributed by atoms with Crippen molar-refractivity contribution in [3.05, 3.63) is 24.0 Å². The summed E-state index contributed by atoms with van der Waals surface area (Å²) in [7, 11) is 1.42. The van der Waals surface area contributed by atoms with E-state index >= 15 is 0 Å². The Bertz CT molecular complexity index is 484. The highest BCUT2D eigenvalue weighted by atomic mass is 19.1. The van der Waals surface area contributed by atoms with E-state index in [9.17, 15) is 14.3 Å². The number of carbonyl (C=O) groups excluding carboxylic acids is 1. The van der Waals surface area contributed by atoms with Crippen LogP contribution in [0.25, 0.3) is 0 Å². The molecule has 1 saturated carbocycles. The second-order valence-corrected chi connectivity index (χ2v) is 5.35. The Labute approximate surface area is 117 Å². The van der Waals surface area contributed by atoms with Crippen LogP contribution in [0.5, 0.6) is 5.75 Å². The molecule has 1 aromatic carbocycles. The van der Waals surface area contributed by atoms with Crippen molar-refractivity contribution < 1.29 is 19.0 Å². The number of hydrogen-bond donors (Lipinski definition) is 2. The van der Waals surface area contributed by atoms with E-state index in [1.807, 2.05) is 0 Å². The van der Waals surface area contributed by atoms with Gasteiger partial charge in [-0.2, -0.15) is 0 Å². The Hall–Kier alpha value is -1.62. The fourth-order valence-electron chi connectivity index (χ4n) is 2.65. The summed E-state index contributed by atoms with van der Waals surface area (Å²) in [5.41, 5.74) is -0.492. The lowest BCUT2D eigenvalue weighted by atomic mass is 9.82. The molecule has 0 radical (unpaired) electrons. The predicted molar refractivity (Wildman–Crippen MR) is 74.2 cm³/mol. The van der Waals surface area contributed by atoms with E-state index in [0.717, 1.165) is 19.3 Å². The molecule has 0 heterocycles. The lowest BCUT2D eigenvalue weighted by Gasteiger charge is -2.31. The van der Waals surface area contributed by atoms with E-state index < -0.39 is 11.4 Å². The van der Waals surface area contributed by atoms with E-state index in [1.54, 1.807) is 0 Å². The number of ether oxygens (including phenoxy) is 1. The number of carbonyl (C=O) groups is 1. The minimum absolute atomic E-state index is 0.0630. The Balaban J connectivity index is 2.01. The third-order valence-corrected chi connectivity index (χ3v) is 3.71. The molecule has 110 valence electrons. The first kappa shape index (κ1) is 14.8. The van der Waals surface area contributed by atoms with E-state index in [1.165, 1.54) is 25.3 Å². The second kappa shape index (κ2) is 6.22. The lowest BCUT2D eigenvalue weighted by Crippen LogP contribution is -2.35. The van der Waals surface area contributed by atoms with E-state index in [-0.39, 0.29) is 18.1 Å². The van der Waals surface area contributed by atoms with Gasteiger partial charge in [-0.05, 0) is 25.0 Å². The molecular formula is C15H20FNO3. The van der Waals surface area contributed by atoms with Crippen LogP contribution in [0.1, 0.15) is 38.5 Å². The number of halogens is 1. The molecule has 1 fully saturated rings. The Morgan fingerprint density at radius 1 is 1.40 bits per heavy atom. The molecule has 0 bridgehead atoms. The number of rotatable bonds is 4. The SMILES string of the molecule is COc1cc(F)ccc1NC(=O)CC1(O)CCCCC1. The normalized spacial score (nSPS) is 17.6. The van der Waals surface area contributed by atoms with Crippen LogP contribution in [-0.2, 0) is 4.79 Å². The molecular weight excluding hydrogens is 261 g/mol. The summed E-state index contributed by atoms with van der Waals surface area (Å²) in [4.78, 5) is 12.0. The number of anilines is 1. The van der Waals surface area contributed by atoms with Gasteiger partial charge in [-0.25, -0.2) is 4.39 Å². The zero-order chi connectivity index (χ0) is 14.6. The average molecular weight is 281 g/mol. The quantitative estimate of drug-likeness (QED) is 0.892. The van der Waals surface area contributed by atoms with Gasteiger partial charge in [0.1, 0.15) is 11.6 Å². The number of hydrogen-bond acceptors (Lipinski definition) is 3. The molecule has 1 aliphatic rings. The average Bonchev–Trinajstić information content (AvgIpc) is 2.41. The highest BCUT2D eigenvalue weighted by Gasteiger charge is 2.31. The summed E-state index contributed by atoms with van der Waals surface area (Å²) in [6.07, 6.45) is 4.37. The molecule has 0 aliphatic heterocycles. The van der Waals surface area contributed by atoms with Gasteiger partial charge in [-0.15, -0.1) is 0 Å². The maximum atomic E-state index is 13.1. The third kappa shape index (κ3) is 3.70. The van der Waals surface area contributed by atoms with Gasteiger partial charge in [0.25, 0.3) is 0 Å². The van der Waals surface area contributed by atoms with Crippen LogP contribution in [0, 0.1) is 5.82 Å². The highest BCUT2D eigenvalue weighted by molar-refractivity contribution is 5.92. The van der Waals surface area contributed by atoms with E-state index in [0.29, 0.717) is 18.5 Å².